The van der Waals surface area contributed by atoms with Crippen LogP contribution in [-0.4, -0.2) is 16.5 Å². The van der Waals surface area contributed by atoms with Crippen LogP contribution in [-0.2, 0) is 0 Å². The molecule has 2 aromatic rings. The van der Waals surface area contributed by atoms with Crippen molar-refractivity contribution < 1.29 is 0 Å². The van der Waals surface area contributed by atoms with E-state index in [1.54, 1.807) is 6.20 Å². The molecule has 17 heavy (non-hydrogen) atoms. The van der Waals surface area contributed by atoms with Gasteiger partial charge < -0.3 is 0 Å². The Bertz CT molecular complexity index is 531. The number of nitriles is 1. The van der Waals surface area contributed by atoms with Crippen molar-refractivity contribution in [1.82, 2.24) is 9.97 Å². The van der Waals surface area contributed by atoms with Crippen LogP contribution in [0.25, 0.3) is 11.3 Å². The normalized spacial score (nSPS) is 9.65. The van der Waals surface area contributed by atoms with Crippen molar-refractivity contribution in [2.75, 3.05) is 11.4 Å². The Balaban J connectivity index is 2.39. The summed E-state index contributed by atoms with van der Waals surface area (Å²) >= 11 is 0. The molecule has 0 atom stereocenters. The van der Waals surface area contributed by atoms with Crippen LogP contribution in [0.15, 0.2) is 42.6 Å². The molecule has 0 unspecified atom stereocenters. The van der Waals surface area contributed by atoms with Gasteiger partial charge in [-0.3, -0.25) is 0 Å². The van der Waals surface area contributed by atoms with Gasteiger partial charge in [0.05, 0.1) is 5.69 Å². The van der Waals surface area contributed by atoms with E-state index in [0.29, 0.717) is 12.5 Å². The first kappa shape index (κ1) is 11.1. The molecule has 0 spiro atoms. The van der Waals surface area contributed by atoms with E-state index in [1.807, 2.05) is 43.3 Å². The van der Waals surface area contributed by atoms with Crippen LogP contribution >= 0.6 is 0 Å². The molecule has 4 heteroatoms. The molecule has 0 aliphatic rings. The fraction of sp³-hybridized carbons (Fsp3) is 0.154. The maximum absolute atomic E-state index is 8.94. The van der Waals surface area contributed by atoms with Gasteiger partial charge in [0, 0.05) is 18.3 Å². The Morgan fingerprint density at radius 1 is 1.24 bits per heavy atom. The molecular weight excluding hydrogens is 212 g/mol. The highest BCUT2D eigenvalue weighted by Crippen LogP contribution is 2.17. The molecule has 0 N–H and O–H groups in total. The van der Waals surface area contributed by atoms with Crippen molar-refractivity contribution in [3.05, 3.63) is 42.6 Å². The third kappa shape index (κ3) is 2.40. The Morgan fingerprint density at radius 3 is 2.65 bits per heavy atom. The first-order valence-corrected chi connectivity index (χ1v) is 5.41. The second-order valence-corrected chi connectivity index (χ2v) is 3.45. The number of benzene rings is 1. The topological polar surface area (TPSA) is 52.8 Å². The second kappa shape index (κ2) is 5.08. The summed E-state index contributed by atoms with van der Waals surface area (Å²) in [6, 6.07) is 11.7. The number of rotatable bonds is 3. The predicted octanol–water partition coefficient (Wildman–Crippen LogP) is 2.45. The lowest BCUT2D eigenvalue weighted by molar-refractivity contribution is 0.950. The van der Waals surface area contributed by atoms with Crippen LogP contribution in [0.2, 0.25) is 0 Å². The summed E-state index contributed by atoms with van der Waals surface area (Å²) in [7, 11) is 0. The molecule has 0 saturated heterocycles. The molecule has 1 aromatic heterocycles. The highest BCUT2D eigenvalue weighted by molar-refractivity contribution is 5.60. The summed E-state index contributed by atoms with van der Waals surface area (Å²) < 4.78 is 0. The molecule has 0 amide bonds. The number of hydrogen-bond acceptors (Lipinski definition) is 4. The molecule has 2 rings (SSSR count). The Labute approximate surface area is 100 Å². The number of nitrogens with zero attached hydrogens (tertiary/aromatic N) is 4. The molecule has 0 bridgehead atoms. The minimum Gasteiger partial charge on any atom is -0.247 e. The van der Waals surface area contributed by atoms with Gasteiger partial charge in [0.15, 0.2) is 6.19 Å². The van der Waals surface area contributed by atoms with E-state index in [-0.39, 0.29) is 0 Å². The molecule has 0 saturated carbocycles. The monoisotopic (exact) mass is 224 g/mol. The lowest BCUT2D eigenvalue weighted by Crippen LogP contribution is -2.18. The first-order valence-electron chi connectivity index (χ1n) is 5.41. The summed E-state index contributed by atoms with van der Waals surface area (Å²) in [6.45, 7) is 2.45. The van der Waals surface area contributed by atoms with Crippen LogP contribution in [0, 0.1) is 11.5 Å². The molecule has 84 valence electrons. The summed E-state index contributed by atoms with van der Waals surface area (Å²) in [5.74, 6) is 0.441. The molecule has 0 aliphatic carbocycles. The average molecular weight is 224 g/mol. The number of aromatic nitrogens is 2. The van der Waals surface area contributed by atoms with Gasteiger partial charge >= 0.3 is 0 Å². The highest BCUT2D eigenvalue weighted by atomic mass is 15.2. The van der Waals surface area contributed by atoms with E-state index in [1.165, 1.54) is 4.90 Å². The van der Waals surface area contributed by atoms with E-state index >= 15 is 0 Å². The van der Waals surface area contributed by atoms with Crippen LogP contribution < -0.4 is 4.90 Å². The fourth-order valence-electron chi connectivity index (χ4n) is 1.50. The van der Waals surface area contributed by atoms with Crippen molar-refractivity contribution in [3.8, 4) is 17.5 Å². The van der Waals surface area contributed by atoms with Crippen molar-refractivity contribution in [3.63, 3.8) is 0 Å². The van der Waals surface area contributed by atoms with Gasteiger partial charge in [-0.1, -0.05) is 30.3 Å². The largest absolute Gasteiger partial charge is 0.247 e. The molecule has 0 aliphatic heterocycles. The van der Waals surface area contributed by atoms with E-state index in [4.69, 9.17) is 5.26 Å². The highest BCUT2D eigenvalue weighted by Gasteiger charge is 2.07. The quantitative estimate of drug-likeness (QED) is 0.593. The van der Waals surface area contributed by atoms with Crippen molar-refractivity contribution in [2.24, 2.45) is 0 Å². The third-order valence-electron chi connectivity index (χ3n) is 2.39. The molecular formula is C13H12N4. The Morgan fingerprint density at radius 2 is 2.00 bits per heavy atom. The third-order valence-corrected chi connectivity index (χ3v) is 2.39. The SMILES string of the molecule is CCN(C#N)c1nccc(-c2ccccc2)n1. The zero-order chi connectivity index (χ0) is 12.1. The van der Waals surface area contributed by atoms with E-state index in [0.717, 1.165) is 11.3 Å². The van der Waals surface area contributed by atoms with Crippen molar-refractivity contribution >= 4 is 5.95 Å². The maximum Gasteiger partial charge on any atom is 0.239 e. The van der Waals surface area contributed by atoms with Crippen LogP contribution in [0.1, 0.15) is 6.92 Å². The van der Waals surface area contributed by atoms with Gasteiger partial charge in [-0.2, -0.15) is 5.26 Å². The molecule has 1 heterocycles. The van der Waals surface area contributed by atoms with Crippen molar-refractivity contribution in [2.45, 2.75) is 6.92 Å². The number of hydrogen-bond donors (Lipinski definition) is 0. The van der Waals surface area contributed by atoms with Gasteiger partial charge in [-0.15, -0.1) is 0 Å². The summed E-state index contributed by atoms with van der Waals surface area (Å²) in [4.78, 5) is 9.93. The predicted molar refractivity (Wildman–Crippen MR) is 66.1 cm³/mol. The second-order valence-electron chi connectivity index (χ2n) is 3.45. The Hall–Kier alpha value is -2.41. The first-order chi connectivity index (χ1) is 8.35. The molecule has 1 aromatic carbocycles. The van der Waals surface area contributed by atoms with Gasteiger partial charge in [-0.25, -0.2) is 14.9 Å². The van der Waals surface area contributed by atoms with E-state index < -0.39 is 0 Å². The number of anilines is 1. The van der Waals surface area contributed by atoms with Gasteiger partial charge in [0.1, 0.15) is 0 Å². The van der Waals surface area contributed by atoms with E-state index in [9.17, 15) is 0 Å². The van der Waals surface area contributed by atoms with E-state index in [2.05, 4.69) is 16.2 Å². The lowest BCUT2D eigenvalue weighted by atomic mass is 10.1. The van der Waals surface area contributed by atoms with Gasteiger partial charge in [0.2, 0.25) is 5.95 Å². The summed E-state index contributed by atoms with van der Waals surface area (Å²) in [5.41, 5.74) is 1.84. The van der Waals surface area contributed by atoms with Gasteiger partial charge in [-0.05, 0) is 13.0 Å². The van der Waals surface area contributed by atoms with Crippen LogP contribution in [0.5, 0.6) is 0 Å². The molecule has 0 radical (unpaired) electrons. The lowest BCUT2D eigenvalue weighted by Gasteiger charge is -2.11. The minimum atomic E-state index is 0.441. The van der Waals surface area contributed by atoms with Gasteiger partial charge in [0.25, 0.3) is 0 Å². The standard InChI is InChI=1S/C13H12N4/c1-2-17(10-14)13-15-9-8-12(16-13)11-6-4-3-5-7-11/h3-9H,2H2,1H3. The average Bonchev–Trinajstić information content (AvgIpc) is 2.42. The van der Waals surface area contributed by atoms with Crippen molar-refractivity contribution in [1.29, 1.82) is 5.26 Å². The van der Waals surface area contributed by atoms with Crippen LogP contribution in [0.3, 0.4) is 0 Å². The summed E-state index contributed by atoms with van der Waals surface area (Å²) in [5, 5.41) is 8.94. The zero-order valence-corrected chi connectivity index (χ0v) is 9.54. The molecule has 4 nitrogen and oxygen atoms in total. The Kier molecular flexibility index (Phi) is 3.31. The zero-order valence-electron chi connectivity index (χ0n) is 9.54. The minimum absolute atomic E-state index is 0.441. The molecule has 0 fully saturated rings. The smallest absolute Gasteiger partial charge is 0.239 e. The fourth-order valence-corrected chi connectivity index (χ4v) is 1.50. The summed E-state index contributed by atoms with van der Waals surface area (Å²) in [6.07, 6.45) is 3.73. The van der Waals surface area contributed by atoms with Crippen LogP contribution in [0.4, 0.5) is 5.95 Å². The maximum atomic E-state index is 8.94.